The molecule has 2 rings (SSSR count). The third kappa shape index (κ3) is 3.50. The molecular formula is C16H20N2O2. The number of hydrogen-bond acceptors (Lipinski definition) is 4. The van der Waals surface area contributed by atoms with Gasteiger partial charge in [0.2, 0.25) is 0 Å². The first-order valence-electron chi connectivity index (χ1n) is 6.55. The minimum atomic E-state index is -0.194. The zero-order valence-electron chi connectivity index (χ0n) is 11.6. The van der Waals surface area contributed by atoms with Gasteiger partial charge >= 0.3 is 0 Å². The number of ether oxygens (including phenoxy) is 2. The maximum atomic E-state index is 5.94. The molecule has 0 aliphatic carbocycles. The molecule has 0 spiro atoms. The summed E-state index contributed by atoms with van der Waals surface area (Å²) in [6.45, 7) is 0.878. The Bertz CT molecular complexity index is 543. The largest absolute Gasteiger partial charge is 0.493 e. The van der Waals surface area contributed by atoms with Crippen LogP contribution in [0.25, 0.3) is 0 Å². The van der Waals surface area contributed by atoms with Gasteiger partial charge in [-0.1, -0.05) is 36.4 Å². The van der Waals surface area contributed by atoms with E-state index in [0.29, 0.717) is 24.7 Å². The van der Waals surface area contributed by atoms with Gasteiger partial charge in [-0.05, 0) is 23.3 Å². The number of rotatable bonds is 6. The SMILES string of the molecule is COc1ccc([C@@H](N)CN)cc1OCc1ccccc1. The summed E-state index contributed by atoms with van der Waals surface area (Å²) in [7, 11) is 1.62. The molecule has 0 aliphatic heterocycles. The predicted molar refractivity (Wildman–Crippen MR) is 79.8 cm³/mol. The van der Waals surface area contributed by atoms with Gasteiger partial charge in [-0.3, -0.25) is 0 Å². The monoisotopic (exact) mass is 272 g/mol. The van der Waals surface area contributed by atoms with E-state index in [1.54, 1.807) is 7.11 Å². The van der Waals surface area contributed by atoms with Crippen LogP contribution in [0.3, 0.4) is 0 Å². The van der Waals surface area contributed by atoms with Crippen molar-refractivity contribution in [2.24, 2.45) is 11.5 Å². The Hall–Kier alpha value is -2.04. The lowest BCUT2D eigenvalue weighted by atomic mass is 10.1. The van der Waals surface area contributed by atoms with Crippen molar-refractivity contribution in [1.82, 2.24) is 0 Å². The zero-order valence-corrected chi connectivity index (χ0v) is 11.6. The predicted octanol–water partition coefficient (Wildman–Crippen LogP) is 2.23. The van der Waals surface area contributed by atoms with Gasteiger partial charge in [0.15, 0.2) is 11.5 Å². The number of hydrogen-bond donors (Lipinski definition) is 2. The van der Waals surface area contributed by atoms with Crippen LogP contribution < -0.4 is 20.9 Å². The summed E-state index contributed by atoms with van der Waals surface area (Å²) in [5.41, 5.74) is 13.6. The molecule has 0 bridgehead atoms. The fraction of sp³-hybridized carbons (Fsp3) is 0.250. The molecule has 0 saturated carbocycles. The van der Waals surface area contributed by atoms with Gasteiger partial charge in [0.25, 0.3) is 0 Å². The fourth-order valence-electron chi connectivity index (χ4n) is 1.91. The Morgan fingerprint density at radius 3 is 2.45 bits per heavy atom. The van der Waals surface area contributed by atoms with Crippen molar-refractivity contribution in [2.45, 2.75) is 12.6 Å². The molecule has 4 nitrogen and oxygen atoms in total. The normalized spacial score (nSPS) is 11.9. The van der Waals surface area contributed by atoms with Gasteiger partial charge in [0.05, 0.1) is 7.11 Å². The van der Waals surface area contributed by atoms with Gasteiger partial charge in [-0.2, -0.15) is 0 Å². The summed E-state index contributed by atoms with van der Waals surface area (Å²) < 4.78 is 11.1. The summed E-state index contributed by atoms with van der Waals surface area (Å²) in [6.07, 6.45) is 0. The van der Waals surface area contributed by atoms with Gasteiger partial charge < -0.3 is 20.9 Å². The molecule has 0 amide bonds. The molecule has 2 aromatic rings. The molecule has 1 atom stereocenters. The quantitative estimate of drug-likeness (QED) is 0.846. The van der Waals surface area contributed by atoms with Crippen LogP contribution in [0.15, 0.2) is 48.5 Å². The molecule has 20 heavy (non-hydrogen) atoms. The summed E-state index contributed by atoms with van der Waals surface area (Å²) >= 11 is 0. The Kier molecular flexibility index (Phi) is 4.98. The van der Waals surface area contributed by atoms with Crippen LogP contribution in [0.1, 0.15) is 17.2 Å². The average Bonchev–Trinajstić information content (AvgIpc) is 2.52. The molecule has 106 valence electrons. The fourth-order valence-corrected chi connectivity index (χ4v) is 1.91. The van der Waals surface area contributed by atoms with E-state index in [9.17, 15) is 0 Å². The Morgan fingerprint density at radius 1 is 1.05 bits per heavy atom. The standard InChI is InChI=1S/C16H20N2O2/c1-19-15-8-7-13(14(18)10-17)9-16(15)20-11-12-5-3-2-4-6-12/h2-9,14H,10-11,17-18H2,1H3/t14-/m0/s1. The summed E-state index contributed by atoms with van der Waals surface area (Å²) in [6, 6.07) is 15.4. The molecule has 4 N–H and O–H groups in total. The number of benzene rings is 2. The molecule has 4 heteroatoms. The van der Waals surface area contributed by atoms with Gasteiger partial charge in [-0.15, -0.1) is 0 Å². The third-order valence-corrected chi connectivity index (χ3v) is 3.11. The topological polar surface area (TPSA) is 70.5 Å². The summed E-state index contributed by atoms with van der Waals surface area (Å²) in [5, 5.41) is 0. The maximum absolute atomic E-state index is 5.94. The smallest absolute Gasteiger partial charge is 0.161 e. The van der Waals surface area contributed by atoms with E-state index in [1.165, 1.54) is 0 Å². The highest BCUT2D eigenvalue weighted by atomic mass is 16.5. The second-order valence-corrected chi connectivity index (χ2v) is 4.53. The molecule has 0 radical (unpaired) electrons. The van der Waals surface area contributed by atoms with Crippen molar-refractivity contribution in [1.29, 1.82) is 0 Å². The van der Waals surface area contributed by atoms with Gasteiger partial charge in [-0.25, -0.2) is 0 Å². The minimum Gasteiger partial charge on any atom is -0.493 e. The second-order valence-electron chi connectivity index (χ2n) is 4.53. The molecular weight excluding hydrogens is 252 g/mol. The lowest BCUT2D eigenvalue weighted by molar-refractivity contribution is 0.284. The molecule has 0 aromatic heterocycles. The maximum Gasteiger partial charge on any atom is 0.161 e. The first kappa shape index (κ1) is 14.4. The van der Waals surface area contributed by atoms with E-state index in [2.05, 4.69) is 0 Å². The molecule has 0 unspecified atom stereocenters. The van der Waals surface area contributed by atoms with Crippen LogP contribution in [0, 0.1) is 0 Å². The summed E-state index contributed by atoms with van der Waals surface area (Å²) in [5.74, 6) is 1.37. The van der Waals surface area contributed by atoms with Crippen LogP contribution in [0.2, 0.25) is 0 Å². The van der Waals surface area contributed by atoms with Crippen LogP contribution in [-0.2, 0) is 6.61 Å². The minimum absolute atomic E-state index is 0.194. The highest BCUT2D eigenvalue weighted by Crippen LogP contribution is 2.30. The van der Waals surface area contributed by atoms with E-state index >= 15 is 0 Å². The Labute approximate surface area is 119 Å². The van der Waals surface area contributed by atoms with Crippen LogP contribution in [-0.4, -0.2) is 13.7 Å². The van der Waals surface area contributed by atoms with E-state index in [1.807, 2.05) is 48.5 Å². The van der Waals surface area contributed by atoms with Crippen molar-refractivity contribution in [3.63, 3.8) is 0 Å². The zero-order chi connectivity index (χ0) is 14.4. The van der Waals surface area contributed by atoms with E-state index < -0.39 is 0 Å². The van der Waals surface area contributed by atoms with Gasteiger partial charge in [0, 0.05) is 12.6 Å². The molecule has 0 aliphatic rings. The van der Waals surface area contributed by atoms with Gasteiger partial charge in [0.1, 0.15) is 6.61 Å². The van der Waals surface area contributed by atoms with Crippen molar-refractivity contribution < 1.29 is 9.47 Å². The Balaban J connectivity index is 2.16. The molecule has 0 fully saturated rings. The molecule has 2 aromatic carbocycles. The highest BCUT2D eigenvalue weighted by Gasteiger charge is 2.10. The number of nitrogens with two attached hydrogens (primary N) is 2. The lowest BCUT2D eigenvalue weighted by Gasteiger charge is -2.15. The van der Waals surface area contributed by atoms with Crippen molar-refractivity contribution >= 4 is 0 Å². The highest BCUT2D eigenvalue weighted by molar-refractivity contribution is 5.44. The summed E-state index contributed by atoms with van der Waals surface area (Å²) in [4.78, 5) is 0. The van der Waals surface area contributed by atoms with E-state index in [-0.39, 0.29) is 6.04 Å². The van der Waals surface area contributed by atoms with Crippen LogP contribution >= 0.6 is 0 Å². The molecule has 0 heterocycles. The van der Waals surface area contributed by atoms with Crippen LogP contribution in [0.4, 0.5) is 0 Å². The average molecular weight is 272 g/mol. The molecule has 0 saturated heterocycles. The lowest BCUT2D eigenvalue weighted by Crippen LogP contribution is -2.20. The third-order valence-electron chi connectivity index (χ3n) is 3.11. The first-order chi connectivity index (χ1) is 9.74. The first-order valence-corrected chi connectivity index (χ1v) is 6.55. The second kappa shape index (κ2) is 6.93. The number of methoxy groups -OCH3 is 1. The van der Waals surface area contributed by atoms with Crippen molar-refractivity contribution in [2.75, 3.05) is 13.7 Å². The van der Waals surface area contributed by atoms with Crippen LogP contribution in [0.5, 0.6) is 11.5 Å². The Morgan fingerprint density at radius 2 is 1.80 bits per heavy atom. The van der Waals surface area contributed by atoms with E-state index in [4.69, 9.17) is 20.9 Å². The van der Waals surface area contributed by atoms with Crippen molar-refractivity contribution in [3.8, 4) is 11.5 Å². The van der Waals surface area contributed by atoms with Crippen molar-refractivity contribution in [3.05, 3.63) is 59.7 Å². The van der Waals surface area contributed by atoms with E-state index in [0.717, 1.165) is 11.1 Å².